The fourth-order valence-corrected chi connectivity index (χ4v) is 1.93. The van der Waals surface area contributed by atoms with Crippen LogP contribution in [0.5, 0.6) is 0 Å². The maximum atomic E-state index is 11.9. The second-order valence-corrected chi connectivity index (χ2v) is 5.44. The van der Waals surface area contributed by atoms with Crippen molar-refractivity contribution in [3.05, 3.63) is 52.8 Å². The predicted molar refractivity (Wildman–Crippen MR) is 88.6 cm³/mol. The molecule has 0 bridgehead atoms. The van der Waals surface area contributed by atoms with Crippen LogP contribution in [-0.4, -0.2) is 12.1 Å². The van der Waals surface area contributed by atoms with Crippen molar-refractivity contribution in [2.75, 3.05) is 0 Å². The molecule has 23 heavy (non-hydrogen) atoms. The summed E-state index contributed by atoms with van der Waals surface area (Å²) in [6.45, 7) is 3.68. The van der Waals surface area contributed by atoms with Crippen LogP contribution in [0.4, 0.5) is 0 Å². The van der Waals surface area contributed by atoms with E-state index in [0.29, 0.717) is 23.0 Å². The summed E-state index contributed by atoms with van der Waals surface area (Å²) in [5.74, 6) is 0.388. The molecule has 0 fully saturated rings. The van der Waals surface area contributed by atoms with Gasteiger partial charge in [0.1, 0.15) is 23.2 Å². The lowest BCUT2D eigenvalue weighted by Crippen LogP contribution is -2.15. The van der Waals surface area contributed by atoms with Gasteiger partial charge < -0.3 is 9.15 Å². The number of rotatable bonds is 5. The van der Waals surface area contributed by atoms with Crippen molar-refractivity contribution in [2.45, 2.75) is 26.4 Å². The standard InChI is InChI=1S/C18H16ClNO3/c1-3-12(2)22-18(21)14(11-20)10-16-8-9-17(23-16)13-4-6-15(19)7-5-13/h4-10,12H,3H2,1-2H3. The number of esters is 1. The van der Waals surface area contributed by atoms with Crippen LogP contribution in [-0.2, 0) is 9.53 Å². The maximum Gasteiger partial charge on any atom is 0.349 e. The van der Waals surface area contributed by atoms with E-state index >= 15 is 0 Å². The SMILES string of the molecule is CCC(C)OC(=O)C(C#N)=Cc1ccc(-c2ccc(Cl)cc2)o1. The van der Waals surface area contributed by atoms with Gasteiger partial charge in [-0.25, -0.2) is 4.79 Å². The number of benzene rings is 1. The van der Waals surface area contributed by atoms with Crippen molar-refractivity contribution in [3.8, 4) is 17.4 Å². The lowest BCUT2D eigenvalue weighted by molar-refractivity contribution is -0.142. The van der Waals surface area contributed by atoms with Crippen LogP contribution in [0.15, 0.2) is 46.4 Å². The molecule has 0 radical (unpaired) electrons. The summed E-state index contributed by atoms with van der Waals surface area (Å²) in [7, 11) is 0. The average molecular weight is 330 g/mol. The summed E-state index contributed by atoms with van der Waals surface area (Å²) in [6.07, 6.45) is 1.83. The van der Waals surface area contributed by atoms with Gasteiger partial charge in [0.15, 0.2) is 0 Å². The number of nitriles is 1. The molecule has 0 amide bonds. The van der Waals surface area contributed by atoms with Gasteiger partial charge in [-0.05, 0) is 49.7 Å². The Kier molecular flexibility index (Phi) is 5.61. The Morgan fingerprint density at radius 2 is 2.04 bits per heavy atom. The molecule has 2 aromatic rings. The van der Waals surface area contributed by atoms with Crippen LogP contribution in [0, 0.1) is 11.3 Å². The van der Waals surface area contributed by atoms with Crippen LogP contribution >= 0.6 is 11.6 Å². The predicted octanol–water partition coefficient (Wildman–Crippen LogP) is 4.85. The molecular formula is C18H16ClNO3. The molecule has 1 unspecified atom stereocenters. The Bertz CT molecular complexity index is 753. The second-order valence-electron chi connectivity index (χ2n) is 5.00. The smallest absolute Gasteiger partial charge is 0.349 e. The normalized spacial score (nSPS) is 12.5. The van der Waals surface area contributed by atoms with Crippen LogP contribution in [0.25, 0.3) is 17.4 Å². The topological polar surface area (TPSA) is 63.2 Å². The molecule has 0 saturated carbocycles. The van der Waals surface area contributed by atoms with Gasteiger partial charge in [-0.1, -0.05) is 18.5 Å². The van der Waals surface area contributed by atoms with E-state index in [1.165, 1.54) is 6.08 Å². The highest BCUT2D eigenvalue weighted by Crippen LogP contribution is 2.25. The summed E-state index contributed by atoms with van der Waals surface area (Å²) in [6, 6.07) is 12.5. The van der Waals surface area contributed by atoms with Crippen LogP contribution in [0.1, 0.15) is 26.0 Å². The Labute approximate surface area is 139 Å². The quantitative estimate of drug-likeness (QED) is 0.447. The van der Waals surface area contributed by atoms with Crippen LogP contribution < -0.4 is 0 Å². The second kappa shape index (κ2) is 7.66. The monoisotopic (exact) mass is 329 g/mol. The number of nitrogens with zero attached hydrogens (tertiary/aromatic N) is 1. The third-order valence-electron chi connectivity index (χ3n) is 3.27. The molecule has 2 rings (SSSR count). The first-order valence-corrected chi connectivity index (χ1v) is 7.59. The van der Waals surface area contributed by atoms with Gasteiger partial charge in [0.2, 0.25) is 0 Å². The minimum Gasteiger partial charge on any atom is -0.459 e. The van der Waals surface area contributed by atoms with Gasteiger partial charge in [0.25, 0.3) is 0 Å². The van der Waals surface area contributed by atoms with Crippen molar-refractivity contribution in [3.63, 3.8) is 0 Å². The Hall–Kier alpha value is -2.51. The largest absolute Gasteiger partial charge is 0.459 e. The lowest BCUT2D eigenvalue weighted by Gasteiger charge is -2.09. The minimum absolute atomic E-state index is 0.0951. The average Bonchev–Trinajstić information content (AvgIpc) is 3.01. The van der Waals surface area contributed by atoms with Crippen molar-refractivity contribution >= 4 is 23.6 Å². The Morgan fingerprint density at radius 3 is 2.65 bits per heavy atom. The first kappa shape index (κ1) is 16.9. The van der Waals surface area contributed by atoms with E-state index in [9.17, 15) is 4.79 Å². The molecule has 0 aliphatic rings. The minimum atomic E-state index is -0.647. The fourth-order valence-electron chi connectivity index (χ4n) is 1.81. The number of hydrogen-bond donors (Lipinski definition) is 0. The van der Waals surface area contributed by atoms with Crippen molar-refractivity contribution in [1.29, 1.82) is 5.26 Å². The highest BCUT2D eigenvalue weighted by molar-refractivity contribution is 6.30. The van der Waals surface area contributed by atoms with E-state index < -0.39 is 5.97 Å². The van der Waals surface area contributed by atoms with Gasteiger partial charge >= 0.3 is 5.97 Å². The van der Waals surface area contributed by atoms with Crippen molar-refractivity contribution < 1.29 is 13.9 Å². The lowest BCUT2D eigenvalue weighted by atomic mass is 10.2. The molecule has 0 N–H and O–H groups in total. The number of hydrogen-bond acceptors (Lipinski definition) is 4. The first-order chi connectivity index (χ1) is 11.0. The van der Waals surface area contributed by atoms with E-state index in [0.717, 1.165) is 5.56 Å². The molecule has 4 nitrogen and oxygen atoms in total. The molecular weight excluding hydrogens is 314 g/mol. The third kappa shape index (κ3) is 4.48. The number of furan rings is 1. The van der Waals surface area contributed by atoms with Crippen LogP contribution in [0.2, 0.25) is 5.02 Å². The zero-order chi connectivity index (χ0) is 16.8. The molecule has 1 aromatic heterocycles. The number of ether oxygens (including phenoxy) is 1. The van der Waals surface area contributed by atoms with E-state index in [-0.39, 0.29) is 11.7 Å². The zero-order valence-electron chi connectivity index (χ0n) is 12.9. The highest BCUT2D eigenvalue weighted by Gasteiger charge is 2.15. The summed E-state index contributed by atoms with van der Waals surface area (Å²) in [5.41, 5.74) is 0.761. The maximum absolute atomic E-state index is 11.9. The molecule has 0 aliphatic heterocycles. The fraction of sp³-hybridized carbons (Fsp3) is 0.222. The molecule has 1 atom stereocenters. The van der Waals surface area contributed by atoms with Gasteiger partial charge in [0, 0.05) is 16.7 Å². The van der Waals surface area contributed by atoms with E-state index in [1.54, 1.807) is 31.2 Å². The number of carbonyl (C=O) groups excluding carboxylic acids is 1. The van der Waals surface area contributed by atoms with Crippen molar-refractivity contribution in [1.82, 2.24) is 0 Å². The van der Waals surface area contributed by atoms with E-state index in [4.69, 9.17) is 26.0 Å². The Morgan fingerprint density at radius 1 is 1.35 bits per heavy atom. The van der Waals surface area contributed by atoms with Gasteiger partial charge in [0.05, 0.1) is 6.10 Å². The Balaban J connectivity index is 2.20. The van der Waals surface area contributed by atoms with E-state index in [1.807, 2.05) is 25.1 Å². The zero-order valence-corrected chi connectivity index (χ0v) is 13.6. The molecule has 118 valence electrons. The van der Waals surface area contributed by atoms with Crippen molar-refractivity contribution in [2.24, 2.45) is 0 Å². The molecule has 5 heteroatoms. The number of halogens is 1. The summed E-state index contributed by atoms with van der Waals surface area (Å²) in [5, 5.41) is 9.76. The van der Waals surface area contributed by atoms with Gasteiger partial charge in [-0.3, -0.25) is 0 Å². The summed E-state index contributed by atoms with van der Waals surface area (Å²) >= 11 is 5.85. The molecule has 0 aliphatic carbocycles. The van der Waals surface area contributed by atoms with Crippen LogP contribution in [0.3, 0.4) is 0 Å². The van der Waals surface area contributed by atoms with Gasteiger partial charge in [-0.2, -0.15) is 5.26 Å². The summed E-state index contributed by atoms with van der Waals surface area (Å²) < 4.78 is 10.8. The van der Waals surface area contributed by atoms with Gasteiger partial charge in [-0.15, -0.1) is 0 Å². The molecule has 0 spiro atoms. The highest BCUT2D eigenvalue weighted by atomic mass is 35.5. The molecule has 1 heterocycles. The molecule has 1 aromatic carbocycles. The summed E-state index contributed by atoms with van der Waals surface area (Å²) in [4.78, 5) is 11.9. The number of carbonyl (C=O) groups is 1. The third-order valence-corrected chi connectivity index (χ3v) is 3.52. The molecule has 0 saturated heterocycles. The van der Waals surface area contributed by atoms with E-state index in [2.05, 4.69) is 0 Å². The first-order valence-electron chi connectivity index (χ1n) is 7.22.